The quantitative estimate of drug-likeness (QED) is 0.0313. The number of hydrogen-bond acceptors (Lipinski definition) is 14. The Labute approximate surface area is 496 Å². The van der Waals surface area contributed by atoms with E-state index in [2.05, 4.69) is 25.3 Å². The van der Waals surface area contributed by atoms with Crippen molar-refractivity contribution in [1.82, 2.24) is 49.1 Å². The van der Waals surface area contributed by atoms with Gasteiger partial charge in [0, 0.05) is 102 Å². The van der Waals surface area contributed by atoms with E-state index >= 15 is 4.39 Å². The van der Waals surface area contributed by atoms with Gasteiger partial charge in [-0.3, -0.25) is 19.7 Å². The second kappa shape index (κ2) is 30.5. The van der Waals surface area contributed by atoms with Gasteiger partial charge in [0.05, 0.1) is 27.1 Å². The van der Waals surface area contributed by atoms with Crippen LogP contribution in [-0.4, -0.2) is 139 Å². The van der Waals surface area contributed by atoms with Crippen LogP contribution in [0.5, 0.6) is 5.75 Å². The molecule has 2 fully saturated rings. The molecule has 3 aromatic carbocycles. The summed E-state index contributed by atoms with van der Waals surface area (Å²) in [6.45, 7) is 10.6. The zero-order valence-electron chi connectivity index (χ0n) is 48.9. The summed E-state index contributed by atoms with van der Waals surface area (Å²) in [6.07, 6.45) is 10.5. The Kier molecular flexibility index (Phi) is 23.7. The van der Waals surface area contributed by atoms with Gasteiger partial charge in [-0.15, -0.1) is 12.4 Å². The number of non-ortho nitro benzene ring substituents is 1. The number of rotatable bonds is 16. The Balaban J connectivity index is 0.000000215. The predicted octanol–water partition coefficient (Wildman–Crippen LogP) is 11.6. The topological polar surface area (TPSA) is 222 Å². The number of halogens is 5. The summed E-state index contributed by atoms with van der Waals surface area (Å²) < 4.78 is 78.6. The lowest BCUT2D eigenvalue weighted by molar-refractivity contribution is -0.384. The van der Waals surface area contributed by atoms with Crippen LogP contribution in [0.3, 0.4) is 0 Å². The summed E-state index contributed by atoms with van der Waals surface area (Å²) in [5, 5.41) is 14.3. The average Bonchev–Trinajstić information content (AvgIpc) is 4.22. The van der Waals surface area contributed by atoms with E-state index in [1.807, 2.05) is 32.3 Å². The second-order valence-corrected chi connectivity index (χ2v) is 20.9. The molecule has 0 unspecified atom stereocenters. The highest BCUT2D eigenvalue weighted by Gasteiger charge is 2.29. The molecule has 20 nitrogen and oxygen atoms in total. The second-order valence-electron chi connectivity index (χ2n) is 20.9. The van der Waals surface area contributed by atoms with Crippen molar-refractivity contribution in [2.24, 2.45) is 0 Å². The molecule has 0 aliphatic carbocycles. The third-order valence-corrected chi connectivity index (χ3v) is 14.8. The molecule has 456 valence electrons. The molecule has 4 aromatic heterocycles. The van der Waals surface area contributed by atoms with Gasteiger partial charge in [0.1, 0.15) is 53.5 Å². The fourth-order valence-electron chi connectivity index (χ4n) is 9.98. The average molecular weight is 1200 g/mol. The number of nitro benzene ring substituents is 1. The van der Waals surface area contributed by atoms with E-state index in [-0.39, 0.29) is 95.4 Å². The smallest absolute Gasteiger partial charge is 0.446 e. The van der Waals surface area contributed by atoms with Gasteiger partial charge in [0.2, 0.25) is 0 Å². The number of nitro groups is 1. The van der Waals surface area contributed by atoms with Gasteiger partial charge in [-0.1, -0.05) is 39.8 Å². The van der Waals surface area contributed by atoms with Crippen molar-refractivity contribution in [2.45, 2.75) is 116 Å². The number of carbonyl (C=O) groups excluding carboxylic acids is 4. The number of aromatic nitrogens is 6. The number of benzene rings is 3. The highest BCUT2D eigenvalue weighted by atomic mass is 35.5. The van der Waals surface area contributed by atoms with Crippen LogP contribution in [0, 0.1) is 33.4 Å². The van der Waals surface area contributed by atoms with Gasteiger partial charge < -0.3 is 43.4 Å². The van der Waals surface area contributed by atoms with Gasteiger partial charge in [-0.25, -0.2) is 47.1 Å². The van der Waals surface area contributed by atoms with Crippen molar-refractivity contribution in [1.29, 1.82) is 0 Å². The molecule has 2 aliphatic heterocycles. The zero-order valence-corrected chi connectivity index (χ0v) is 49.7. The van der Waals surface area contributed by atoms with Crippen molar-refractivity contribution in [3.8, 4) is 5.75 Å². The molecular formula is C60H72ClF4N11O9. The first-order valence-electron chi connectivity index (χ1n) is 28.0. The number of fused-ring (bicyclic) bond motifs is 2. The lowest BCUT2D eigenvalue weighted by Crippen LogP contribution is -2.40. The maximum absolute atomic E-state index is 15.2. The Morgan fingerprint density at radius 3 is 1.48 bits per heavy atom. The molecule has 6 heterocycles. The Hall–Kier alpha value is -8.25. The molecule has 3 amide bonds. The molecule has 85 heavy (non-hydrogen) atoms. The first kappa shape index (κ1) is 65.9. The van der Waals surface area contributed by atoms with E-state index in [0.717, 1.165) is 38.8 Å². The highest BCUT2D eigenvalue weighted by Crippen LogP contribution is 2.33. The lowest BCUT2D eigenvalue weighted by atomic mass is 10.0. The number of likely N-dealkylation sites (tertiary alicyclic amines) is 1. The molecule has 0 saturated carbocycles. The molecule has 0 atom stereocenters. The Bertz CT molecular complexity index is 3430. The number of nitrogens with zero attached hydrogens (tertiary/aromatic N) is 10. The summed E-state index contributed by atoms with van der Waals surface area (Å²) in [5.41, 5.74) is 2.92. The van der Waals surface area contributed by atoms with Crippen LogP contribution in [-0.2, 0) is 22.3 Å². The normalized spacial score (nSPS) is 13.6. The minimum absolute atomic E-state index is 0. The summed E-state index contributed by atoms with van der Waals surface area (Å²) in [4.78, 5) is 79.5. The molecule has 2 saturated heterocycles. The maximum atomic E-state index is 15.2. The molecule has 1 N–H and O–H groups in total. The molecule has 0 bridgehead atoms. The van der Waals surface area contributed by atoms with E-state index in [1.165, 1.54) is 77.3 Å². The number of piperidine rings is 2. The van der Waals surface area contributed by atoms with Crippen LogP contribution in [0.25, 0.3) is 22.1 Å². The summed E-state index contributed by atoms with van der Waals surface area (Å²) >= 11 is 0. The number of amides is 3. The number of nitrogens with one attached hydrogen (secondary N) is 1. The van der Waals surface area contributed by atoms with Crippen molar-refractivity contribution in [3.05, 3.63) is 153 Å². The van der Waals surface area contributed by atoms with E-state index < -0.39 is 34.3 Å². The minimum Gasteiger partial charge on any atom is -0.446 e. The van der Waals surface area contributed by atoms with E-state index in [4.69, 9.17) is 14.2 Å². The van der Waals surface area contributed by atoms with Gasteiger partial charge >= 0.3 is 12.2 Å². The van der Waals surface area contributed by atoms with Crippen LogP contribution >= 0.6 is 12.4 Å². The fourth-order valence-corrected chi connectivity index (χ4v) is 9.98. The predicted molar refractivity (Wildman–Crippen MR) is 313 cm³/mol. The maximum Gasteiger partial charge on any atom is 0.514 e. The molecule has 25 heteroatoms. The Morgan fingerprint density at radius 2 is 1.07 bits per heavy atom. The fraction of sp³-hybridized carbons (Fsp3) is 0.433. The number of hydrogen-bond donors (Lipinski definition) is 1. The van der Waals surface area contributed by atoms with E-state index in [9.17, 15) is 42.5 Å². The molecule has 2 aliphatic rings. The van der Waals surface area contributed by atoms with Gasteiger partial charge in [0.25, 0.3) is 17.5 Å². The summed E-state index contributed by atoms with van der Waals surface area (Å²) in [5.74, 6) is -2.28. The van der Waals surface area contributed by atoms with Crippen LogP contribution in [0.2, 0.25) is 0 Å². The summed E-state index contributed by atoms with van der Waals surface area (Å²) in [7, 11) is 6.43. The minimum atomic E-state index is -0.794. The number of ether oxygens (including phenoxy) is 3. The van der Waals surface area contributed by atoms with Crippen molar-refractivity contribution in [2.75, 3.05) is 54.4 Å². The molecule has 9 rings (SSSR count). The third kappa shape index (κ3) is 16.6. The zero-order chi connectivity index (χ0) is 60.8. The van der Waals surface area contributed by atoms with Gasteiger partial charge in [-0.05, 0) is 112 Å². The SMILES string of the molecule is CCC(CC)OC(=O)N1CCC(n2cc(F)c3c(Cc4ccc(C(=O)N(C)C)cc4F)ncnc32)CC1.CCC(CC)OC(=O)Oc1ccc([N+](=O)[O-])cc1.CN(C)C(=O)c1ccc(Cc2ncnc3c2c(F)cn3C2CCNCC2)c(F)c1.Cl. The lowest BCUT2D eigenvalue weighted by Gasteiger charge is -2.33. The molecule has 7 aromatic rings. The molecule has 0 radical (unpaired) electrons. The van der Waals surface area contributed by atoms with E-state index in [0.29, 0.717) is 78.0 Å². The van der Waals surface area contributed by atoms with Crippen LogP contribution in [0.4, 0.5) is 32.8 Å². The van der Waals surface area contributed by atoms with Gasteiger partial charge in [0.15, 0.2) is 11.6 Å². The monoisotopic (exact) mass is 1200 g/mol. The van der Waals surface area contributed by atoms with E-state index in [1.54, 1.807) is 55.9 Å². The van der Waals surface area contributed by atoms with Gasteiger partial charge in [-0.2, -0.15) is 0 Å². The molecule has 0 spiro atoms. The highest BCUT2D eigenvalue weighted by molar-refractivity contribution is 5.94. The van der Waals surface area contributed by atoms with Crippen LogP contribution < -0.4 is 10.1 Å². The van der Waals surface area contributed by atoms with Crippen LogP contribution in [0.1, 0.15) is 134 Å². The number of carbonyl (C=O) groups is 4. The van der Waals surface area contributed by atoms with Crippen LogP contribution in [0.15, 0.2) is 85.7 Å². The largest absolute Gasteiger partial charge is 0.514 e. The first-order valence-corrected chi connectivity index (χ1v) is 28.0. The summed E-state index contributed by atoms with van der Waals surface area (Å²) in [6, 6.07) is 14.0. The first-order chi connectivity index (χ1) is 40.2. The molecular weight excluding hydrogens is 1130 g/mol. The standard InChI is InChI=1S/C27H33F2N5O3.C21H23F2N5O.C12H15NO5.ClH/c1-5-20(6-2)37-27(36)33-11-9-19(10-12-33)34-15-22(29)24-23(30-16-31-25(24)34)14-17-7-8-18(13-21(17)28)26(35)32(3)4;1-27(2)21(29)14-4-3-13(16(22)9-14)10-18-19-17(23)11-28(20(19)26-12-25-18)15-5-7-24-8-6-15;1-3-10(4-2)17-12(14)18-11-7-5-9(6-8-11)13(15)16;/h7-8,13,15-16,19-20H,5-6,9-12,14H2,1-4H3;3-4,9,11-12,15,24H,5-8,10H2,1-2H3;5-8,10H,3-4H2,1-2H3;1H. The Morgan fingerprint density at radius 1 is 0.635 bits per heavy atom. The van der Waals surface area contributed by atoms with Crippen molar-refractivity contribution in [3.63, 3.8) is 0 Å². The van der Waals surface area contributed by atoms with Crippen molar-refractivity contribution < 1.29 is 55.9 Å². The van der Waals surface area contributed by atoms with Crippen molar-refractivity contribution >= 4 is 64.2 Å². The third-order valence-electron chi connectivity index (χ3n) is 14.8.